The van der Waals surface area contributed by atoms with Crippen molar-refractivity contribution in [3.8, 4) is 0 Å². The van der Waals surface area contributed by atoms with Gasteiger partial charge in [-0.1, -0.05) is 13.8 Å². The van der Waals surface area contributed by atoms with Crippen molar-refractivity contribution in [3.63, 3.8) is 0 Å². The van der Waals surface area contributed by atoms with Crippen molar-refractivity contribution in [2.45, 2.75) is 20.3 Å². The normalized spacial score (nSPS) is 30.1. The number of carbonyl (C=O) groups is 1. The van der Waals surface area contributed by atoms with Crippen molar-refractivity contribution in [3.05, 3.63) is 0 Å². The van der Waals surface area contributed by atoms with Crippen LogP contribution < -0.4 is 5.32 Å². The van der Waals surface area contributed by atoms with Crippen LogP contribution in [0.1, 0.15) is 20.3 Å². The van der Waals surface area contributed by atoms with Gasteiger partial charge in [0.1, 0.15) is 0 Å². The van der Waals surface area contributed by atoms with Gasteiger partial charge in [-0.3, -0.25) is 4.79 Å². The molecule has 1 rings (SSSR count). The number of amides is 1. The molecular weight excluding hydrogens is 164 g/mol. The number of hydrogen-bond donors (Lipinski definition) is 1. The highest BCUT2D eigenvalue weighted by molar-refractivity contribution is 5.78. The molecule has 3 heteroatoms. The number of carbonyl (C=O) groups excluding carboxylic acids is 1. The van der Waals surface area contributed by atoms with E-state index in [0.29, 0.717) is 5.92 Å². The van der Waals surface area contributed by atoms with Gasteiger partial charge in [-0.2, -0.15) is 0 Å². The Morgan fingerprint density at radius 3 is 2.77 bits per heavy atom. The molecule has 1 amide bonds. The van der Waals surface area contributed by atoms with Crippen LogP contribution in [0.5, 0.6) is 0 Å². The van der Waals surface area contributed by atoms with Gasteiger partial charge in [0.05, 0.1) is 5.92 Å². The number of hydrogen-bond acceptors (Lipinski definition) is 2. The molecule has 1 aliphatic rings. The van der Waals surface area contributed by atoms with Gasteiger partial charge in [0.15, 0.2) is 0 Å². The maximum absolute atomic E-state index is 11.4. The number of rotatable bonds is 2. The lowest BCUT2D eigenvalue weighted by molar-refractivity contribution is -0.126. The molecule has 0 spiro atoms. The summed E-state index contributed by atoms with van der Waals surface area (Å²) < 4.78 is 0. The summed E-state index contributed by atoms with van der Waals surface area (Å²) in [5.74, 6) is 1.05. The third-order valence-corrected chi connectivity index (χ3v) is 2.80. The lowest BCUT2D eigenvalue weighted by Gasteiger charge is -2.34. The molecular formula is C10H20N2O. The highest BCUT2D eigenvalue weighted by Crippen LogP contribution is 2.21. The Morgan fingerprint density at radius 2 is 2.23 bits per heavy atom. The van der Waals surface area contributed by atoms with E-state index in [1.807, 2.05) is 0 Å². The molecule has 2 atom stereocenters. The van der Waals surface area contributed by atoms with Crippen molar-refractivity contribution in [1.29, 1.82) is 0 Å². The molecule has 3 nitrogen and oxygen atoms in total. The monoisotopic (exact) mass is 184 g/mol. The van der Waals surface area contributed by atoms with E-state index >= 15 is 0 Å². The van der Waals surface area contributed by atoms with E-state index in [1.54, 1.807) is 7.05 Å². The second-order valence-electron chi connectivity index (χ2n) is 4.00. The maximum atomic E-state index is 11.4. The van der Waals surface area contributed by atoms with Crippen LogP contribution in [0.25, 0.3) is 0 Å². The predicted octanol–water partition coefficient (Wildman–Crippen LogP) is 0.710. The Bertz CT molecular complexity index is 182. The van der Waals surface area contributed by atoms with E-state index < -0.39 is 0 Å². The quantitative estimate of drug-likeness (QED) is 0.685. The average molecular weight is 184 g/mol. The maximum Gasteiger partial charge on any atom is 0.224 e. The van der Waals surface area contributed by atoms with E-state index in [-0.39, 0.29) is 11.8 Å². The Kier molecular flexibility index (Phi) is 3.72. The van der Waals surface area contributed by atoms with E-state index in [4.69, 9.17) is 0 Å². The van der Waals surface area contributed by atoms with Crippen molar-refractivity contribution in [2.24, 2.45) is 11.8 Å². The summed E-state index contributed by atoms with van der Waals surface area (Å²) in [6.07, 6.45) is 1.04. The van der Waals surface area contributed by atoms with Crippen LogP contribution in [0.3, 0.4) is 0 Å². The molecule has 0 saturated carbocycles. The highest BCUT2D eigenvalue weighted by Gasteiger charge is 2.27. The van der Waals surface area contributed by atoms with Crippen LogP contribution in [0, 0.1) is 11.8 Å². The number of piperidine rings is 1. The molecule has 0 bridgehead atoms. The predicted molar refractivity (Wildman–Crippen MR) is 53.5 cm³/mol. The summed E-state index contributed by atoms with van der Waals surface area (Å²) in [6, 6.07) is 0. The van der Waals surface area contributed by atoms with Crippen molar-refractivity contribution < 1.29 is 4.79 Å². The van der Waals surface area contributed by atoms with Crippen LogP contribution >= 0.6 is 0 Å². The van der Waals surface area contributed by atoms with Gasteiger partial charge in [0, 0.05) is 20.1 Å². The Labute approximate surface area is 80.5 Å². The minimum atomic E-state index is 0.199. The largest absolute Gasteiger partial charge is 0.359 e. The first-order chi connectivity index (χ1) is 6.17. The van der Waals surface area contributed by atoms with Gasteiger partial charge in [-0.15, -0.1) is 0 Å². The van der Waals surface area contributed by atoms with Crippen molar-refractivity contribution in [1.82, 2.24) is 10.2 Å². The Balaban J connectivity index is 2.51. The number of nitrogens with zero attached hydrogens (tertiary/aromatic N) is 1. The van der Waals surface area contributed by atoms with Gasteiger partial charge < -0.3 is 10.2 Å². The second kappa shape index (κ2) is 4.61. The zero-order valence-electron chi connectivity index (χ0n) is 8.84. The van der Waals surface area contributed by atoms with E-state index in [1.165, 1.54) is 0 Å². The first-order valence-corrected chi connectivity index (χ1v) is 5.11. The molecule has 2 unspecified atom stereocenters. The summed E-state index contributed by atoms with van der Waals surface area (Å²) in [7, 11) is 1.72. The number of likely N-dealkylation sites (tertiary alicyclic amines) is 1. The molecule has 0 aromatic rings. The van der Waals surface area contributed by atoms with Gasteiger partial charge in [0.2, 0.25) is 5.91 Å². The molecule has 1 heterocycles. The van der Waals surface area contributed by atoms with E-state index in [0.717, 1.165) is 26.1 Å². The molecule has 1 aliphatic heterocycles. The molecule has 13 heavy (non-hydrogen) atoms. The lowest BCUT2D eigenvalue weighted by atomic mass is 9.90. The standard InChI is InChI=1S/C10H20N2O/c1-4-12-6-8(2)5-9(7-12)10(13)11-3/h8-9H,4-7H2,1-3H3,(H,11,13). The highest BCUT2D eigenvalue weighted by atomic mass is 16.1. The van der Waals surface area contributed by atoms with Crippen LogP contribution in [0.15, 0.2) is 0 Å². The Morgan fingerprint density at radius 1 is 1.54 bits per heavy atom. The third-order valence-electron chi connectivity index (χ3n) is 2.80. The van der Waals surface area contributed by atoms with Gasteiger partial charge in [-0.25, -0.2) is 0 Å². The summed E-state index contributed by atoms with van der Waals surface area (Å²) in [5.41, 5.74) is 0. The fourth-order valence-electron chi connectivity index (χ4n) is 2.11. The SMILES string of the molecule is CCN1CC(C)CC(C(=O)NC)C1. The summed E-state index contributed by atoms with van der Waals surface area (Å²) in [5, 5.41) is 2.73. The molecule has 1 saturated heterocycles. The number of nitrogens with one attached hydrogen (secondary N) is 1. The first kappa shape index (κ1) is 10.5. The Hall–Kier alpha value is -0.570. The van der Waals surface area contributed by atoms with Crippen molar-refractivity contribution in [2.75, 3.05) is 26.7 Å². The molecule has 0 aliphatic carbocycles. The second-order valence-corrected chi connectivity index (χ2v) is 4.00. The van der Waals surface area contributed by atoms with Gasteiger partial charge in [-0.05, 0) is 18.9 Å². The fourth-order valence-corrected chi connectivity index (χ4v) is 2.11. The summed E-state index contributed by atoms with van der Waals surface area (Å²) in [4.78, 5) is 13.8. The van der Waals surface area contributed by atoms with Crippen LogP contribution in [0.4, 0.5) is 0 Å². The minimum absolute atomic E-state index is 0.199. The summed E-state index contributed by atoms with van der Waals surface area (Å²) >= 11 is 0. The molecule has 1 fully saturated rings. The summed E-state index contributed by atoms with van der Waals surface area (Å²) in [6.45, 7) is 7.50. The molecule has 0 aromatic heterocycles. The van der Waals surface area contributed by atoms with Gasteiger partial charge >= 0.3 is 0 Å². The average Bonchev–Trinajstić information content (AvgIpc) is 2.15. The third kappa shape index (κ3) is 2.69. The van der Waals surface area contributed by atoms with Crippen LogP contribution in [0.2, 0.25) is 0 Å². The lowest BCUT2D eigenvalue weighted by Crippen LogP contribution is -2.44. The first-order valence-electron chi connectivity index (χ1n) is 5.11. The topological polar surface area (TPSA) is 32.3 Å². The zero-order valence-corrected chi connectivity index (χ0v) is 8.84. The van der Waals surface area contributed by atoms with Crippen LogP contribution in [-0.4, -0.2) is 37.5 Å². The van der Waals surface area contributed by atoms with E-state index in [2.05, 4.69) is 24.1 Å². The smallest absolute Gasteiger partial charge is 0.224 e. The fraction of sp³-hybridized carbons (Fsp3) is 0.900. The van der Waals surface area contributed by atoms with Crippen molar-refractivity contribution >= 4 is 5.91 Å². The molecule has 1 N–H and O–H groups in total. The van der Waals surface area contributed by atoms with E-state index in [9.17, 15) is 4.79 Å². The van der Waals surface area contributed by atoms with Crippen LogP contribution in [-0.2, 0) is 4.79 Å². The molecule has 0 aromatic carbocycles. The molecule has 76 valence electrons. The van der Waals surface area contributed by atoms with Gasteiger partial charge in [0.25, 0.3) is 0 Å². The zero-order chi connectivity index (χ0) is 9.84. The molecule has 0 radical (unpaired) electrons. The minimum Gasteiger partial charge on any atom is -0.359 e.